The highest BCUT2D eigenvalue weighted by molar-refractivity contribution is 6.02. The van der Waals surface area contributed by atoms with Gasteiger partial charge in [-0.25, -0.2) is 0 Å². The van der Waals surface area contributed by atoms with E-state index in [0.717, 1.165) is 11.3 Å². The average Bonchev–Trinajstić information content (AvgIpc) is 2.64. The number of rotatable bonds is 4. The maximum Gasteiger partial charge on any atom is 0.228 e. The summed E-state index contributed by atoms with van der Waals surface area (Å²) in [5, 5.41) is 2.74. The van der Waals surface area contributed by atoms with E-state index in [0.29, 0.717) is 24.8 Å². The molecule has 0 saturated carbocycles. The summed E-state index contributed by atoms with van der Waals surface area (Å²) in [6.45, 7) is 1.89. The second kappa shape index (κ2) is 4.67. The zero-order chi connectivity index (χ0) is 12.4. The molecule has 1 aromatic rings. The summed E-state index contributed by atoms with van der Waals surface area (Å²) >= 11 is 0. The molecule has 0 fully saturated rings. The fourth-order valence-electron chi connectivity index (χ4n) is 1.91. The van der Waals surface area contributed by atoms with Crippen molar-refractivity contribution in [3.63, 3.8) is 0 Å². The maximum absolute atomic E-state index is 11.9. The number of Topliss-reactive ketones (excluding diaryl/α,β-unsaturated/α-hetero) is 1. The van der Waals surface area contributed by atoms with Crippen LogP contribution in [0.25, 0.3) is 0 Å². The predicted octanol–water partition coefficient (Wildman–Crippen LogP) is 1.49. The van der Waals surface area contributed by atoms with Crippen molar-refractivity contribution in [2.75, 3.05) is 5.32 Å². The van der Waals surface area contributed by atoms with Crippen molar-refractivity contribution in [1.82, 2.24) is 0 Å². The van der Waals surface area contributed by atoms with E-state index in [2.05, 4.69) is 5.32 Å². The molecule has 0 saturated heterocycles. The van der Waals surface area contributed by atoms with Gasteiger partial charge in [-0.3, -0.25) is 9.59 Å². The van der Waals surface area contributed by atoms with Gasteiger partial charge < -0.3 is 11.1 Å². The minimum atomic E-state index is -0.0137. The second-order valence-corrected chi connectivity index (χ2v) is 4.54. The minimum absolute atomic E-state index is 0.0137. The number of hydrogen-bond acceptors (Lipinski definition) is 3. The Morgan fingerprint density at radius 3 is 3.00 bits per heavy atom. The maximum atomic E-state index is 11.9. The van der Waals surface area contributed by atoms with E-state index < -0.39 is 0 Å². The number of ketones is 1. The highest BCUT2D eigenvalue weighted by Crippen LogP contribution is 2.24. The van der Waals surface area contributed by atoms with Gasteiger partial charge in [0.2, 0.25) is 5.91 Å². The van der Waals surface area contributed by atoms with E-state index in [1.807, 2.05) is 6.92 Å². The first-order chi connectivity index (χ1) is 8.06. The van der Waals surface area contributed by atoms with Gasteiger partial charge in [-0.1, -0.05) is 0 Å². The first kappa shape index (κ1) is 11.8. The highest BCUT2D eigenvalue weighted by atomic mass is 16.1. The van der Waals surface area contributed by atoms with E-state index in [9.17, 15) is 9.59 Å². The molecule has 1 atom stereocenters. The molecule has 1 aliphatic rings. The molecule has 0 aliphatic carbocycles. The molecule has 0 spiro atoms. The summed E-state index contributed by atoms with van der Waals surface area (Å²) in [6, 6.07) is 5.39. The van der Waals surface area contributed by atoms with Crippen molar-refractivity contribution < 1.29 is 9.59 Å². The molecule has 0 aromatic heterocycles. The lowest BCUT2D eigenvalue weighted by Crippen LogP contribution is -2.16. The number of benzene rings is 1. The standard InChI is InChI=1S/C13H16N2O2/c1-8(14)2-5-12(16)9-3-4-11-10(6-9)7-13(17)15-11/h3-4,6,8H,2,5,7,14H2,1H3,(H,15,17). The van der Waals surface area contributed by atoms with E-state index in [1.54, 1.807) is 18.2 Å². The monoisotopic (exact) mass is 232 g/mol. The summed E-state index contributed by atoms with van der Waals surface area (Å²) in [5.74, 6) is 0.0737. The van der Waals surface area contributed by atoms with Gasteiger partial charge in [0.25, 0.3) is 0 Å². The fourth-order valence-corrected chi connectivity index (χ4v) is 1.91. The zero-order valence-electron chi connectivity index (χ0n) is 9.82. The van der Waals surface area contributed by atoms with Crippen LogP contribution in [0, 0.1) is 0 Å². The predicted molar refractivity (Wildman–Crippen MR) is 66.0 cm³/mol. The SMILES string of the molecule is CC(N)CCC(=O)c1ccc2c(c1)CC(=O)N2. The average molecular weight is 232 g/mol. The lowest BCUT2D eigenvalue weighted by Gasteiger charge is -2.05. The molecule has 3 N–H and O–H groups in total. The summed E-state index contributed by atoms with van der Waals surface area (Å²) < 4.78 is 0. The normalized spacial score (nSPS) is 15.3. The van der Waals surface area contributed by atoms with E-state index >= 15 is 0 Å². The number of carbonyl (C=O) groups is 2. The number of anilines is 1. The van der Waals surface area contributed by atoms with Crippen LogP contribution in [-0.2, 0) is 11.2 Å². The molecule has 0 bridgehead atoms. The molecule has 1 heterocycles. The smallest absolute Gasteiger partial charge is 0.228 e. The van der Waals surface area contributed by atoms with Crippen LogP contribution in [0.4, 0.5) is 5.69 Å². The third kappa shape index (κ3) is 2.71. The lowest BCUT2D eigenvalue weighted by molar-refractivity contribution is -0.115. The first-order valence-corrected chi connectivity index (χ1v) is 5.78. The van der Waals surface area contributed by atoms with Crippen LogP contribution in [0.2, 0.25) is 0 Å². The van der Waals surface area contributed by atoms with Crippen molar-refractivity contribution >= 4 is 17.4 Å². The van der Waals surface area contributed by atoms with E-state index in [4.69, 9.17) is 5.73 Å². The van der Waals surface area contributed by atoms with Crippen LogP contribution in [0.15, 0.2) is 18.2 Å². The molecule has 90 valence electrons. The van der Waals surface area contributed by atoms with Crippen LogP contribution in [0.5, 0.6) is 0 Å². The lowest BCUT2D eigenvalue weighted by atomic mass is 10.0. The molecular weight excluding hydrogens is 216 g/mol. The zero-order valence-corrected chi connectivity index (χ0v) is 9.82. The van der Waals surface area contributed by atoms with Gasteiger partial charge in [0.15, 0.2) is 5.78 Å². The van der Waals surface area contributed by atoms with Crippen molar-refractivity contribution in [3.05, 3.63) is 29.3 Å². The largest absolute Gasteiger partial charge is 0.328 e. The molecule has 4 heteroatoms. The van der Waals surface area contributed by atoms with Gasteiger partial charge in [-0.15, -0.1) is 0 Å². The van der Waals surface area contributed by atoms with Gasteiger partial charge in [0, 0.05) is 23.7 Å². The van der Waals surface area contributed by atoms with Crippen LogP contribution < -0.4 is 11.1 Å². The fraction of sp³-hybridized carbons (Fsp3) is 0.385. The second-order valence-electron chi connectivity index (χ2n) is 4.54. The Morgan fingerprint density at radius 2 is 2.29 bits per heavy atom. The number of nitrogens with two attached hydrogens (primary N) is 1. The molecule has 1 unspecified atom stereocenters. The van der Waals surface area contributed by atoms with Crippen LogP contribution in [-0.4, -0.2) is 17.7 Å². The van der Waals surface area contributed by atoms with Crippen LogP contribution >= 0.6 is 0 Å². The quantitative estimate of drug-likeness (QED) is 0.772. The Bertz CT molecular complexity index is 466. The Morgan fingerprint density at radius 1 is 1.53 bits per heavy atom. The molecule has 1 aliphatic heterocycles. The third-order valence-electron chi connectivity index (χ3n) is 2.88. The molecular formula is C13H16N2O2. The number of amides is 1. The molecule has 4 nitrogen and oxygen atoms in total. The summed E-state index contributed by atoms with van der Waals surface area (Å²) in [7, 11) is 0. The highest BCUT2D eigenvalue weighted by Gasteiger charge is 2.18. The topological polar surface area (TPSA) is 72.2 Å². The summed E-state index contributed by atoms with van der Waals surface area (Å²) in [6.07, 6.45) is 1.51. The Hall–Kier alpha value is -1.68. The Kier molecular flexibility index (Phi) is 3.24. The van der Waals surface area contributed by atoms with Crippen molar-refractivity contribution in [3.8, 4) is 0 Å². The van der Waals surface area contributed by atoms with E-state index in [1.165, 1.54) is 0 Å². The third-order valence-corrected chi connectivity index (χ3v) is 2.88. The number of hydrogen-bond donors (Lipinski definition) is 2. The van der Waals surface area contributed by atoms with Gasteiger partial charge in [-0.2, -0.15) is 0 Å². The van der Waals surface area contributed by atoms with Crippen molar-refractivity contribution in [1.29, 1.82) is 0 Å². The van der Waals surface area contributed by atoms with Crippen LogP contribution in [0.3, 0.4) is 0 Å². The van der Waals surface area contributed by atoms with Crippen molar-refractivity contribution in [2.45, 2.75) is 32.2 Å². The van der Waals surface area contributed by atoms with Gasteiger partial charge in [-0.05, 0) is 37.1 Å². The number of carbonyl (C=O) groups excluding carboxylic acids is 2. The Labute approximate surface area is 100 Å². The first-order valence-electron chi connectivity index (χ1n) is 5.78. The minimum Gasteiger partial charge on any atom is -0.328 e. The molecule has 1 aromatic carbocycles. The molecule has 2 rings (SSSR count). The van der Waals surface area contributed by atoms with Crippen LogP contribution in [0.1, 0.15) is 35.7 Å². The Balaban J connectivity index is 2.10. The molecule has 1 amide bonds. The van der Waals surface area contributed by atoms with Gasteiger partial charge >= 0.3 is 0 Å². The molecule has 17 heavy (non-hydrogen) atoms. The van der Waals surface area contributed by atoms with Crippen molar-refractivity contribution in [2.24, 2.45) is 5.73 Å². The number of nitrogens with one attached hydrogen (secondary N) is 1. The van der Waals surface area contributed by atoms with Gasteiger partial charge in [0.1, 0.15) is 0 Å². The number of fused-ring (bicyclic) bond motifs is 1. The van der Waals surface area contributed by atoms with E-state index in [-0.39, 0.29) is 17.7 Å². The van der Waals surface area contributed by atoms with Gasteiger partial charge in [0.05, 0.1) is 6.42 Å². The summed E-state index contributed by atoms with van der Waals surface area (Å²) in [5.41, 5.74) is 8.01. The molecule has 0 radical (unpaired) electrons. The summed E-state index contributed by atoms with van der Waals surface area (Å²) in [4.78, 5) is 23.1.